The van der Waals surface area contributed by atoms with Crippen LogP contribution >= 0.6 is 11.3 Å². The summed E-state index contributed by atoms with van der Waals surface area (Å²) >= 11 is 1.60. The third kappa shape index (κ3) is 3.04. The van der Waals surface area contributed by atoms with Crippen molar-refractivity contribution in [2.75, 3.05) is 6.54 Å². The number of amides is 1. The number of rotatable bonds is 3. The van der Waals surface area contributed by atoms with E-state index in [1.807, 2.05) is 23.3 Å². The highest BCUT2D eigenvalue weighted by Gasteiger charge is 2.32. The first kappa shape index (κ1) is 15.2. The van der Waals surface area contributed by atoms with E-state index in [2.05, 4.69) is 4.98 Å². The fourth-order valence-corrected chi connectivity index (χ4v) is 3.80. The van der Waals surface area contributed by atoms with Gasteiger partial charge in [0.1, 0.15) is 10.8 Å². The lowest BCUT2D eigenvalue weighted by molar-refractivity contribution is -0.136. The molecule has 1 aliphatic heterocycles. The Labute approximate surface area is 133 Å². The number of piperidine rings is 1. The summed E-state index contributed by atoms with van der Waals surface area (Å²) in [5, 5.41) is 2.95. The van der Waals surface area contributed by atoms with Crippen LogP contribution in [-0.4, -0.2) is 22.3 Å². The lowest BCUT2D eigenvalue weighted by Gasteiger charge is -2.36. The molecule has 2 aromatic rings. The van der Waals surface area contributed by atoms with Crippen molar-refractivity contribution in [1.82, 2.24) is 9.88 Å². The summed E-state index contributed by atoms with van der Waals surface area (Å²) in [6.07, 6.45) is 4.87. The molecule has 1 aromatic heterocycles. The van der Waals surface area contributed by atoms with Crippen LogP contribution in [0.4, 0.5) is 4.39 Å². The fourth-order valence-electron chi connectivity index (χ4n) is 3.02. The van der Waals surface area contributed by atoms with Crippen molar-refractivity contribution < 1.29 is 9.18 Å². The van der Waals surface area contributed by atoms with Gasteiger partial charge in [-0.1, -0.05) is 12.1 Å². The SMILES string of the molecule is C[C@@H](C(=O)N1CCCC[C@@H]1c1nccs1)c1cccc(F)c1. The van der Waals surface area contributed by atoms with E-state index in [0.717, 1.165) is 36.4 Å². The van der Waals surface area contributed by atoms with Gasteiger partial charge in [-0.15, -0.1) is 11.3 Å². The second-order valence-corrected chi connectivity index (χ2v) is 6.62. The van der Waals surface area contributed by atoms with Crippen LogP contribution in [-0.2, 0) is 4.79 Å². The molecule has 1 fully saturated rings. The van der Waals surface area contributed by atoms with Crippen molar-refractivity contribution in [3.05, 3.63) is 52.2 Å². The molecule has 1 saturated heterocycles. The first-order chi connectivity index (χ1) is 10.7. The van der Waals surface area contributed by atoms with Gasteiger partial charge in [0.15, 0.2) is 0 Å². The van der Waals surface area contributed by atoms with Gasteiger partial charge in [-0.3, -0.25) is 4.79 Å². The number of carbonyl (C=O) groups excluding carboxylic acids is 1. The lowest BCUT2D eigenvalue weighted by atomic mass is 9.95. The largest absolute Gasteiger partial charge is 0.333 e. The predicted octanol–water partition coefficient (Wildman–Crippen LogP) is 4.14. The maximum Gasteiger partial charge on any atom is 0.230 e. The second kappa shape index (κ2) is 6.57. The van der Waals surface area contributed by atoms with Crippen LogP contribution < -0.4 is 0 Å². The zero-order chi connectivity index (χ0) is 15.5. The summed E-state index contributed by atoms with van der Waals surface area (Å²) in [7, 11) is 0. The number of hydrogen-bond donors (Lipinski definition) is 0. The molecule has 0 saturated carbocycles. The minimum Gasteiger partial charge on any atom is -0.333 e. The number of aromatic nitrogens is 1. The van der Waals surface area contributed by atoms with Gasteiger partial charge < -0.3 is 4.90 Å². The summed E-state index contributed by atoms with van der Waals surface area (Å²) in [6.45, 7) is 2.60. The van der Waals surface area contributed by atoms with Crippen molar-refractivity contribution >= 4 is 17.2 Å². The van der Waals surface area contributed by atoms with Crippen LogP contribution in [0.1, 0.15) is 48.7 Å². The molecule has 0 spiro atoms. The van der Waals surface area contributed by atoms with Crippen molar-refractivity contribution in [2.45, 2.75) is 38.1 Å². The average Bonchev–Trinajstić information content (AvgIpc) is 3.08. The third-order valence-corrected chi connectivity index (χ3v) is 5.12. The molecule has 0 N–H and O–H groups in total. The Bertz CT molecular complexity index is 644. The third-order valence-electron chi connectivity index (χ3n) is 4.24. The van der Waals surface area contributed by atoms with E-state index in [0.29, 0.717) is 0 Å². The van der Waals surface area contributed by atoms with E-state index in [9.17, 15) is 9.18 Å². The van der Waals surface area contributed by atoms with Gasteiger partial charge in [0.05, 0.1) is 12.0 Å². The van der Waals surface area contributed by atoms with E-state index < -0.39 is 0 Å². The second-order valence-electron chi connectivity index (χ2n) is 5.69. The molecule has 22 heavy (non-hydrogen) atoms. The molecule has 3 rings (SSSR count). The highest BCUT2D eigenvalue weighted by atomic mass is 32.1. The topological polar surface area (TPSA) is 33.2 Å². The number of carbonyl (C=O) groups is 1. The normalized spacial score (nSPS) is 19.9. The first-order valence-corrected chi connectivity index (χ1v) is 8.50. The molecule has 0 unspecified atom stereocenters. The number of halogens is 1. The molecule has 1 aromatic carbocycles. The summed E-state index contributed by atoms with van der Waals surface area (Å²) in [5.74, 6) is -0.575. The van der Waals surface area contributed by atoms with Crippen molar-refractivity contribution in [3.8, 4) is 0 Å². The number of thiazole rings is 1. The molecular formula is C17H19FN2OS. The first-order valence-electron chi connectivity index (χ1n) is 7.62. The predicted molar refractivity (Wildman–Crippen MR) is 85.2 cm³/mol. The van der Waals surface area contributed by atoms with E-state index in [-0.39, 0.29) is 23.7 Å². The maximum absolute atomic E-state index is 13.4. The van der Waals surface area contributed by atoms with Crippen molar-refractivity contribution in [1.29, 1.82) is 0 Å². The molecule has 0 bridgehead atoms. The Morgan fingerprint density at radius 2 is 2.32 bits per heavy atom. The summed E-state index contributed by atoms with van der Waals surface area (Å²) in [6, 6.07) is 6.39. The van der Waals surface area contributed by atoms with Crippen molar-refractivity contribution in [3.63, 3.8) is 0 Å². The minimum atomic E-state index is -0.337. The number of hydrogen-bond acceptors (Lipinski definition) is 3. The van der Waals surface area contributed by atoms with Crippen LogP contribution in [0.3, 0.4) is 0 Å². The molecule has 5 heteroatoms. The van der Waals surface area contributed by atoms with Crippen LogP contribution in [0.25, 0.3) is 0 Å². The highest BCUT2D eigenvalue weighted by molar-refractivity contribution is 7.09. The highest BCUT2D eigenvalue weighted by Crippen LogP contribution is 2.34. The molecule has 2 atom stereocenters. The van der Waals surface area contributed by atoms with Gasteiger partial charge >= 0.3 is 0 Å². The Morgan fingerprint density at radius 3 is 3.05 bits per heavy atom. The van der Waals surface area contributed by atoms with E-state index in [1.54, 1.807) is 23.6 Å². The summed E-state index contributed by atoms with van der Waals surface area (Å²) in [5.41, 5.74) is 0.730. The summed E-state index contributed by atoms with van der Waals surface area (Å²) < 4.78 is 13.4. The van der Waals surface area contributed by atoms with Gasteiger partial charge in [-0.25, -0.2) is 9.37 Å². The molecule has 0 radical (unpaired) electrons. The smallest absolute Gasteiger partial charge is 0.230 e. The molecule has 1 aliphatic rings. The summed E-state index contributed by atoms with van der Waals surface area (Å²) in [4.78, 5) is 19.2. The Kier molecular flexibility index (Phi) is 4.52. The van der Waals surface area contributed by atoms with Gasteiger partial charge in [0.2, 0.25) is 5.91 Å². The average molecular weight is 318 g/mol. The Balaban J connectivity index is 1.82. The molecule has 2 heterocycles. The van der Waals surface area contributed by atoms with E-state index >= 15 is 0 Å². The Morgan fingerprint density at radius 1 is 1.45 bits per heavy atom. The fraction of sp³-hybridized carbons (Fsp3) is 0.412. The molecule has 1 amide bonds. The number of likely N-dealkylation sites (tertiary alicyclic amines) is 1. The lowest BCUT2D eigenvalue weighted by Crippen LogP contribution is -2.40. The van der Waals surface area contributed by atoms with Gasteiger partial charge in [-0.2, -0.15) is 0 Å². The minimum absolute atomic E-state index is 0.0606. The van der Waals surface area contributed by atoms with Crippen molar-refractivity contribution in [2.24, 2.45) is 0 Å². The molecule has 3 nitrogen and oxygen atoms in total. The molecule has 0 aliphatic carbocycles. The monoisotopic (exact) mass is 318 g/mol. The quantitative estimate of drug-likeness (QED) is 0.852. The van der Waals surface area contributed by atoms with Gasteiger partial charge in [0.25, 0.3) is 0 Å². The Hall–Kier alpha value is -1.75. The zero-order valence-corrected chi connectivity index (χ0v) is 13.4. The standard InChI is InChI=1S/C17H19FN2OS/c1-12(13-5-4-6-14(18)11-13)17(21)20-9-3-2-7-15(20)16-19-8-10-22-16/h4-6,8,10-12,15H,2-3,7,9H2,1H3/t12-,15-/m1/s1. The maximum atomic E-state index is 13.4. The number of benzene rings is 1. The molecule has 116 valence electrons. The van der Waals surface area contributed by atoms with E-state index in [4.69, 9.17) is 0 Å². The van der Waals surface area contributed by atoms with E-state index in [1.165, 1.54) is 12.1 Å². The van der Waals surface area contributed by atoms with Gasteiger partial charge in [-0.05, 0) is 43.9 Å². The van der Waals surface area contributed by atoms with Crippen LogP contribution in [0.5, 0.6) is 0 Å². The molecular weight excluding hydrogens is 299 g/mol. The van der Waals surface area contributed by atoms with Crippen LogP contribution in [0.2, 0.25) is 0 Å². The number of nitrogens with zero attached hydrogens (tertiary/aromatic N) is 2. The van der Waals surface area contributed by atoms with Crippen LogP contribution in [0.15, 0.2) is 35.8 Å². The van der Waals surface area contributed by atoms with Crippen LogP contribution in [0, 0.1) is 5.82 Å². The zero-order valence-electron chi connectivity index (χ0n) is 12.5. The van der Waals surface area contributed by atoms with Gasteiger partial charge in [0, 0.05) is 18.1 Å².